The van der Waals surface area contributed by atoms with Gasteiger partial charge in [-0.1, -0.05) is 24.3 Å². The first kappa shape index (κ1) is 22.3. The molecule has 0 unspecified atom stereocenters. The molecule has 0 atom stereocenters. The smallest absolute Gasteiger partial charge is 0.248 e. The van der Waals surface area contributed by atoms with Crippen molar-refractivity contribution in [3.05, 3.63) is 72.8 Å². The molecular weight excluding hydrogens is 388 g/mol. The van der Waals surface area contributed by atoms with Gasteiger partial charge in [-0.3, -0.25) is 0 Å². The van der Waals surface area contributed by atoms with Crippen molar-refractivity contribution in [1.82, 2.24) is 10.2 Å². The van der Waals surface area contributed by atoms with E-state index in [2.05, 4.69) is 34.5 Å². The van der Waals surface area contributed by atoms with E-state index in [0.29, 0.717) is 25.0 Å². The molecule has 3 rings (SSSR count). The fraction of sp³-hybridized carbons (Fsp3) is 0.308. The Labute approximate surface area is 184 Å². The number of rotatable bonds is 12. The highest BCUT2D eigenvalue weighted by atomic mass is 16.5. The molecule has 0 aliphatic carbocycles. The first-order chi connectivity index (χ1) is 15.3. The molecule has 3 aromatic rings. The summed E-state index contributed by atoms with van der Waals surface area (Å²) in [6.45, 7) is 5.45. The maximum absolute atomic E-state index is 5.87. The van der Waals surface area contributed by atoms with Crippen LogP contribution in [0.2, 0.25) is 0 Å². The fourth-order valence-corrected chi connectivity index (χ4v) is 2.96. The van der Waals surface area contributed by atoms with Crippen molar-refractivity contribution in [2.45, 2.75) is 39.5 Å². The van der Waals surface area contributed by atoms with Crippen molar-refractivity contribution in [1.29, 1.82) is 0 Å². The van der Waals surface area contributed by atoms with Crippen molar-refractivity contribution in [2.75, 3.05) is 13.2 Å². The van der Waals surface area contributed by atoms with Crippen LogP contribution in [0.4, 0.5) is 0 Å². The van der Waals surface area contributed by atoms with E-state index in [1.165, 1.54) is 0 Å². The molecular formula is C26H30N2O3. The third kappa shape index (κ3) is 7.14. The van der Waals surface area contributed by atoms with Crippen LogP contribution in [0.5, 0.6) is 11.5 Å². The molecule has 0 saturated carbocycles. The number of unbranched alkanes of at least 4 members (excludes halogenated alkanes) is 2. The summed E-state index contributed by atoms with van der Waals surface area (Å²) in [6.07, 6.45) is 12.5. The average Bonchev–Trinajstić information content (AvgIpc) is 3.30. The Balaban J connectivity index is 1.53. The fourth-order valence-electron chi connectivity index (χ4n) is 2.96. The minimum absolute atomic E-state index is 0.485. The normalized spacial score (nSPS) is 11.4. The quantitative estimate of drug-likeness (QED) is 0.237. The van der Waals surface area contributed by atoms with Gasteiger partial charge in [-0.2, -0.15) is 0 Å². The van der Waals surface area contributed by atoms with Gasteiger partial charge < -0.3 is 13.9 Å². The van der Waals surface area contributed by atoms with Crippen LogP contribution in [0, 0.1) is 0 Å². The maximum atomic E-state index is 5.87. The van der Waals surface area contributed by atoms with E-state index in [1.54, 1.807) is 0 Å². The van der Waals surface area contributed by atoms with Gasteiger partial charge in [0.1, 0.15) is 11.5 Å². The second-order valence-corrected chi connectivity index (χ2v) is 7.08. The molecule has 5 nitrogen and oxygen atoms in total. The zero-order chi connectivity index (χ0) is 21.7. The second kappa shape index (κ2) is 12.4. The van der Waals surface area contributed by atoms with E-state index in [0.717, 1.165) is 48.3 Å². The molecule has 0 radical (unpaired) electrons. The number of ether oxygens (including phenoxy) is 2. The lowest BCUT2D eigenvalue weighted by Gasteiger charge is -2.05. The summed E-state index contributed by atoms with van der Waals surface area (Å²) in [5, 5.41) is 8.37. The van der Waals surface area contributed by atoms with Crippen LogP contribution in [0.3, 0.4) is 0 Å². The highest BCUT2D eigenvalue weighted by Crippen LogP contribution is 2.26. The van der Waals surface area contributed by atoms with Gasteiger partial charge in [0.05, 0.1) is 13.2 Å². The molecule has 162 valence electrons. The molecule has 0 spiro atoms. The largest absolute Gasteiger partial charge is 0.494 e. The number of hydrogen-bond acceptors (Lipinski definition) is 5. The molecule has 0 N–H and O–H groups in total. The lowest BCUT2D eigenvalue weighted by atomic mass is 10.2. The highest BCUT2D eigenvalue weighted by Gasteiger charge is 2.11. The Hall–Kier alpha value is -3.34. The summed E-state index contributed by atoms with van der Waals surface area (Å²) in [4.78, 5) is 0. The van der Waals surface area contributed by atoms with Crippen LogP contribution >= 0.6 is 0 Å². The van der Waals surface area contributed by atoms with Gasteiger partial charge in [0.15, 0.2) is 0 Å². The number of benzene rings is 2. The van der Waals surface area contributed by atoms with Crippen molar-refractivity contribution >= 4 is 0 Å². The van der Waals surface area contributed by atoms with E-state index in [4.69, 9.17) is 13.9 Å². The topological polar surface area (TPSA) is 57.4 Å². The summed E-state index contributed by atoms with van der Waals surface area (Å²) in [6, 6.07) is 15.4. The molecule has 31 heavy (non-hydrogen) atoms. The summed E-state index contributed by atoms with van der Waals surface area (Å²) < 4.78 is 17.4. The van der Waals surface area contributed by atoms with Crippen LogP contribution in [0.1, 0.15) is 39.5 Å². The molecule has 1 heterocycles. The second-order valence-electron chi connectivity index (χ2n) is 7.08. The van der Waals surface area contributed by atoms with Gasteiger partial charge in [-0.25, -0.2) is 0 Å². The zero-order valence-corrected chi connectivity index (χ0v) is 18.3. The number of nitrogens with zero attached hydrogens (tertiary/aromatic N) is 2. The molecule has 2 aromatic carbocycles. The summed E-state index contributed by atoms with van der Waals surface area (Å²) in [5.74, 6) is 2.65. The van der Waals surface area contributed by atoms with E-state index in [1.807, 2.05) is 62.4 Å². The number of hydrogen-bond donors (Lipinski definition) is 0. The SMILES string of the molecule is CC=CCCCOc1ccc(-c2nnc(-c3ccc(OCCCC=CC)cc3)o2)cc1. The number of allylic oxidation sites excluding steroid dienone is 4. The predicted molar refractivity (Wildman–Crippen MR) is 124 cm³/mol. The molecule has 1 aromatic heterocycles. The van der Waals surface area contributed by atoms with E-state index >= 15 is 0 Å². The van der Waals surface area contributed by atoms with Crippen LogP contribution < -0.4 is 9.47 Å². The Morgan fingerprint density at radius 3 is 1.48 bits per heavy atom. The third-order valence-electron chi connectivity index (χ3n) is 4.67. The Morgan fingerprint density at radius 1 is 0.677 bits per heavy atom. The van der Waals surface area contributed by atoms with Gasteiger partial charge >= 0.3 is 0 Å². The van der Waals surface area contributed by atoms with Gasteiger partial charge in [-0.05, 0) is 88.1 Å². The molecule has 5 heteroatoms. The molecule has 0 fully saturated rings. The molecule has 0 bridgehead atoms. The van der Waals surface area contributed by atoms with Gasteiger partial charge in [-0.15, -0.1) is 10.2 Å². The van der Waals surface area contributed by atoms with E-state index < -0.39 is 0 Å². The first-order valence-electron chi connectivity index (χ1n) is 10.8. The monoisotopic (exact) mass is 418 g/mol. The van der Waals surface area contributed by atoms with Crippen molar-refractivity contribution < 1.29 is 13.9 Å². The standard InChI is InChI=1S/C26H30N2O3/c1-3-5-7-9-19-29-23-15-11-21(12-16-23)25-27-28-26(31-25)22-13-17-24(18-14-22)30-20-10-8-6-4-2/h3-6,11-18H,7-10,19-20H2,1-2H3. The van der Waals surface area contributed by atoms with E-state index in [9.17, 15) is 0 Å². The zero-order valence-electron chi connectivity index (χ0n) is 18.3. The van der Waals surface area contributed by atoms with Crippen LogP contribution in [-0.2, 0) is 0 Å². The van der Waals surface area contributed by atoms with Gasteiger partial charge in [0.25, 0.3) is 0 Å². The van der Waals surface area contributed by atoms with Gasteiger partial charge in [0, 0.05) is 11.1 Å². The summed E-state index contributed by atoms with van der Waals surface area (Å²) >= 11 is 0. The third-order valence-corrected chi connectivity index (χ3v) is 4.67. The lowest BCUT2D eigenvalue weighted by molar-refractivity contribution is 0.312. The Morgan fingerprint density at radius 2 is 1.10 bits per heavy atom. The Bertz CT molecular complexity index is 879. The highest BCUT2D eigenvalue weighted by molar-refractivity contribution is 5.59. The molecule has 0 saturated heterocycles. The van der Waals surface area contributed by atoms with E-state index in [-0.39, 0.29) is 0 Å². The Kier molecular flexibility index (Phi) is 8.92. The molecule has 0 aliphatic heterocycles. The predicted octanol–water partition coefficient (Wildman–Crippen LogP) is 6.87. The minimum Gasteiger partial charge on any atom is -0.494 e. The van der Waals surface area contributed by atoms with Crippen LogP contribution in [0.15, 0.2) is 77.3 Å². The summed E-state index contributed by atoms with van der Waals surface area (Å²) in [5.41, 5.74) is 1.72. The van der Waals surface area contributed by atoms with Crippen LogP contribution in [-0.4, -0.2) is 23.4 Å². The lowest BCUT2D eigenvalue weighted by Crippen LogP contribution is -1.96. The van der Waals surface area contributed by atoms with Crippen molar-refractivity contribution in [3.8, 4) is 34.4 Å². The van der Waals surface area contributed by atoms with Gasteiger partial charge in [0.2, 0.25) is 11.8 Å². The maximum Gasteiger partial charge on any atom is 0.248 e. The molecule has 0 aliphatic rings. The molecule has 0 amide bonds. The first-order valence-corrected chi connectivity index (χ1v) is 10.8. The summed E-state index contributed by atoms with van der Waals surface area (Å²) in [7, 11) is 0. The minimum atomic E-state index is 0.485. The number of aromatic nitrogens is 2. The van der Waals surface area contributed by atoms with Crippen molar-refractivity contribution in [3.63, 3.8) is 0 Å². The van der Waals surface area contributed by atoms with Crippen LogP contribution in [0.25, 0.3) is 22.9 Å². The average molecular weight is 419 g/mol. The van der Waals surface area contributed by atoms with Crippen molar-refractivity contribution in [2.24, 2.45) is 0 Å².